The Morgan fingerprint density at radius 2 is 1.93 bits per heavy atom. The van der Waals surface area contributed by atoms with Gasteiger partial charge in [-0.2, -0.15) is 0 Å². The number of halogens is 1. The van der Waals surface area contributed by atoms with Crippen molar-refractivity contribution < 1.29 is 26.4 Å². The van der Waals surface area contributed by atoms with Gasteiger partial charge in [-0.25, -0.2) is 12.8 Å². The van der Waals surface area contributed by atoms with E-state index in [1.54, 1.807) is 47.4 Å². The second-order valence-corrected chi connectivity index (χ2v) is 9.63. The van der Waals surface area contributed by atoms with Crippen LogP contribution in [0.5, 0.6) is 0 Å². The van der Waals surface area contributed by atoms with Gasteiger partial charge in [0, 0.05) is 18.9 Å². The van der Waals surface area contributed by atoms with Crippen molar-refractivity contribution in [3.05, 3.63) is 72.1 Å². The maximum Gasteiger partial charge on any atom is 0.223 e. The van der Waals surface area contributed by atoms with Crippen LogP contribution in [0.3, 0.4) is 0 Å². The molecule has 4 rings (SSSR count). The van der Waals surface area contributed by atoms with Gasteiger partial charge in [0.05, 0.1) is 29.9 Å². The Hall–Kier alpha value is -2.87. The largest absolute Gasteiger partial charge is 0.467 e. The highest BCUT2D eigenvalue weighted by Crippen LogP contribution is 2.26. The molecule has 158 valence electrons. The van der Waals surface area contributed by atoms with E-state index in [0.717, 1.165) is 0 Å². The summed E-state index contributed by atoms with van der Waals surface area (Å²) in [6.07, 6.45) is 2.44. The van der Waals surface area contributed by atoms with Gasteiger partial charge in [-0.3, -0.25) is 4.79 Å². The molecule has 1 aromatic carbocycles. The minimum atomic E-state index is -3.13. The summed E-state index contributed by atoms with van der Waals surface area (Å²) in [4.78, 5) is 14.5. The standard InChI is InChI=1S/C22H22FNO5S/c23-20-6-2-1-5-19(20)21-9-7-17(29-21)8-10-22(25)24(14-18-4-3-12-28-18)16-11-13-30(26,27)15-16/h1-7,9,12,16H,8,10-11,13-15H2/t16-/m1/s1. The maximum atomic E-state index is 13.9. The van der Waals surface area contributed by atoms with Crippen LogP contribution in [0.4, 0.5) is 4.39 Å². The van der Waals surface area contributed by atoms with Crippen molar-refractivity contribution in [1.29, 1.82) is 0 Å². The van der Waals surface area contributed by atoms with Crippen LogP contribution >= 0.6 is 0 Å². The molecular weight excluding hydrogens is 409 g/mol. The van der Waals surface area contributed by atoms with Crippen molar-refractivity contribution in [2.75, 3.05) is 11.5 Å². The molecule has 1 fully saturated rings. The number of sulfone groups is 1. The van der Waals surface area contributed by atoms with Crippen LogP contribution in [0.25, 0.3) is 11.3 Å². The predicted octanol–water partition coefficient (Wildman–Crippen LogP) is 3.83. The smallest absolute Gasteiger partial charge is 0.223 e. The molecule has 1 amide bonds. The minimum Gasteiger partial charge on any atom is -0.467 e. The summed E-state index contributed by atoms with van der Waals surface area (Å²) >= 11 is 0. The summed E-state index contributed by atoms with van der Waals surface area (Å²) in [6.45, 7) is 0.227. The molecule has 3 heterocycles. The molecule has 1 atom stereocenters. The third-order valence-corrected chi connectivity index (χ3v) is 7.01. The summed E-state index contributed by atoms with van der Waals surface area (Å²) in [6, 6.07) is 12.9. The average Bonchev–Trinajstić information content (AvgIpc) is 3.46. The number of aryl methyl sites for hydroxylation is 1. The monoisotopic (exact) mass is 431 g/mol. The van der Waals surface area contributed by atoms with E-state index in [-0.39, 0.29) is 42.2 Å². The van der Waals surface area contributed by atoms with E-state index in [1.165, 1.54) is 12.3 Å². The predicted molar refractivity (Wildman–Crippen MR) is 109 cm³/mol. The van der Waals surface area contributed by atoms with Gasteiger partial charge >= 0.3 is 0 Å². The zero-order chi connectivity index (χ0) is 21.1. The van der Waals surface area contributed by atoms with Gasteiger partial charge in [0.15, 0.2) is 9.84 Å². The first kappa shape index (κ1) is 20.4. The lowest BCUT2D eigenvalue weighted by Crippen LogP contribution is -2.40. The number of carbonyl (C=O) groups excluding carboxylic acids is 1. The van der Waals surface area contributed by atoms with Crippen molar-refractivity contribution >= 4 is 15.7 Å². The molecule has 30 heavy (non-hydrogen) atoms. The Balaban J connectivity index is 1.44. The minimum absolute atomic E-state index is 0.0301. The maximum absolute atomic E-state index is 13.9. The van der Waals surface area contributed by atoms with E-state index in [2.05, 4.69) is 0 Å². The Morgan fingerprint density at radius 3 is 2.63 bits per heavy atom. The van der Waals surface area contributed by atoms with Crippen molar-refractivity contribution in [2.24, 2.45) is 0 Å². The fourth-order valence-corrected chi connectivity index (χ4v) is 5.44. The van der Waals surface area contributed by atoms with Crippen molar-refractivity contribution in [3.8, 4) is 11.3 Å². The highest BCUT2D eigenvalue weighted by atomic mass is 32.2. The lowest BCUT2D eigenvalue weighted by atomic mass is 10.1. The fraction of sp³-hybridized carbons (Fsp3) is 0.318. The van der Waals surface area contributed by atoms with Crippen LogP contribution in [0, 0.1) is 5.82 Å². The number of hydrogen-bond donors (Lipinski definition) is 0. The van der Waals surface area contributed by atoms with Crippen LogP contribution in [0.2, 0.25) is 0 Å². The number of nitrogens with zero attached hydrogens (tertiary/aromatic N) is 1. The Kier molecular flexibility index (Phi) is 5.76. The lowest BCUT2D eigenvalue weighted by molar-refractivity contribution is -0.134. The van der Waals surface area contributed by atoms with Crippen LogP contribution in [0.1, 0.15) is 24.4 Å². The molecule has 6 nitrogen and oxygen atoms in total. The molecule has 1 aliphatic rings. The topological polar surface area (TPSA) is 80.7 Å². The molecule has 0 aliphatic carbocycles. The first-order valence-electron chi connectivity index (χ1n) is 9.77. The molecule has 0 saturated carbocycles. The molecule has 1 aliphatic heterocycles. The highest BCUT2D eigenvalue weighted by molar-refractivity contribution is 7.91. The van der Waals surface area contributed by atoms with Crippen molar-refractivity contribution in [1.82, 2.24) is 4.90 Å². The zero-order valence-electron chi connectivity index (χ0n) is 16.3. The number of furan rings is 2. The third-order valence-electron chi connectivity index (χ3n) is 5.26. The molecular formula is C22H22FNO5S. The van der Waals surface area contributed by atoms with Crippen molar-refractivity contribution in [3.63, 3.8) is 0 Å². The van der Waals surface area contributed by atoms with E-state index >= 15 is 0 Å². The molecule has 2 aromatic heterocycles. The second kappa shape index (κ2) is 8.47. The fourth-order valence-electron chi connectivity index (χ4n) is 3.70. The highest BCUT2D eigenvalue weighted by Gasteiger charge is 2.35. The summed E-state index contributed by atoms with van der Waals surface area (Å²) < 4.78 is 48.8. The van der Waals surface area contributed by atoms with E-state index in [1.807, 2.05) is 0 Å². The van der Waals surface area contributed by atoms with E-state index in [0.29, 0.717) is 35.7 Å². The summed E-state index contributed by atoms with van der Waals surface area (Å²) in [7, 11) is -3.13. The molecule has 3 aromatic rings. The number of hydrogen-bond acceptors (Lipinski definition) is 5. The van der Waals surface area contributed by atoms with Crippen LogP contribution in [-0.4, -0.2) is 36.8 Å². The third kappa shape index (κ3) is 4.64. The van der Waals surface area contributed by atoms with Crippen LogP contribution in [-0.2, 0) is 27.6 Å². The summed E-state index contributed by atoms with van der Waals surface area (Å²) in [5.74, 6) is 1.09. The quantitative estimate of drug-likeness (QED) is 0.568. The van der Waals surface area contributed by atoms with Gasteiger partial charge < -0.3 is 13.7 Å². The molecule has 1 saturated heterocycles. The van der Waals surface area contributed by atoms with E-state index < -0.39 is 9.84 Å². The van der Waals surface area contributed by atoms with Gasteiger partial charge in [0.25, 0.3) is 0 Å². The molecule has 0 spiro atoms. The molecule has 8 heteroatoms. The second-order valence-electron chi connectivity index (χ2n) is 7.40. The van der Waals surface area contributed by atoms with Gasteiger partial charge in [-0.1, -0.05) is 12.1 Å². The first-order chi connectivity index (χ1) is 14.4. The molecule has 0 radical (unpaired) electrons. The van der Waals surface area contributed by atoms with Gasteiger partial charge in [-0.15, -0.1) is 0 Å². The summed E-state index contributed by atoms with van der Waals surface area (Å²) in [5, 5.41) is 0. The molecule has 0 N–H and O–H groups in total. The number of rotatable bonds is 7. The van der Waals surface area contributed by atoms with Crippen LogP contribution < -0.4 is 0 Å². The van der Waals surface area contributed by atoms with E-state index in [4.69, 9.17) is 8.83 Å². The average molecular weight is 431 g/mol. The zero-order valence-corrected chi connectivity index (χ0v) is 17.1. The van der Waals surface area contributed by atoms with E-state index in [9.17, 15) is 17.6 Å². The van der Waals surface area contributed by atoms with Crippen molar-refractivity contribution in [2.45, 2.75) is 31.8 Å². The van der Waals surface area contributed by atoms with Gasteiger partial charge in [0.1, 0.15) is 23.1 Å². The van der Waals surface area contributed by atoms with Crippen LogP contribution in [0.15, 0.2) is 63.6 Å². The van der Waals surface area contributed by atoms with Gasteiger partial charge in [0.2, 0.25) is 5.91 Å². The Labute approximate surface area is 174 Å². The summed E-state index contributed by atoms with van der Waals surface area (Å²) in [5.41, 5.74) is 0.366. The Morgan fingerprint density at radius 1 is 1.10 bits per heavy atom. The number of amides is 1. The number of carbonyl (C=O) groups is 1. The lowest BCUT2D eigenvalue weighted by Gasteiger charge is -2.27. The normalized spacial score (nSPS) is 17.8. The number of benzene rings is 1. The molecule has 0 bridgehead atoms. The molecule has 0 unspecified atom stereocenters. The van der Waals surface area contributed by atoms with Gasteiger partial charge in [-0.05, 0) is 42.8 Å². The first-order valence-corrected chi connectivity index (χ1v) is 11.6. The Bertz CT molecular complexity index is 1120. The SMILES string of the molecule is O=C(CCc1ccc(-c2ccccc2F)o1)N(Cc1ccco1)[C@@H]1CCS(=O)(=O)C1.